The number of aromatic nitrogens is 3. The van der Waals surface area contributed by atoms with Crippen LogP contribution < -0.4 is 5.32 Å². The number of hydrogen-bond donors (Lipinski definition) is 1. The standard InChI is InChI=1S/C24H30N4O3/c1-14-17(15(2)25-22-21(14)16(3)27-28(22)24(4,5)6)12-13-20(29)26-19-11-9-8-10-18(19)23(30)31-7/h8-11H,12-13H2,1-7H3,(H,26,29). The lowest BCUT2D eigenvalue weighted by molar-refractivity contribution is -0.116. The number of esters is 1. The van der Waals surface area contributed by atoms with Gasteiger partial charge >= 0.3 is 5.97 Å². The fraction of sp³-hybridized carbons (Fsp3) is 0.417. The maximum absolute atomic E-state index is 12.6. The number of nitrogens with one attached hydrogen (secondary N) is 1. The molecule has 0 fully saturated rings. The molecule has 0 aliphatic heterocycles. The van der Waals surface area contributed by atoms with Gasteiger partial charge in [-0.05, 0) is 71.2 Å². The molecule has 0 saturated carbocycles. The number of aryl methyl sites for hydroxylation is 3. The van der Waals surface area contributed by atoms with Gasteiger partial charge < -0.3 is 10.1 Å². The third kappa shape index (κ3) is 4.45. The first-order valence-corrected chi connectivity index (χ1v) is 10.4. The molecule has 0 bridgehead atoms. The van der Waals surface area contributed by atoms with Crippen LogP contribution in [0.1, 0.15) is 60.1 Å². The van der Waals surface area contributed by atoms with Gasteiger partial charge in [-0.1, -0.05) is 12.1 Å². The van der Waals surface area contributed by atoms with Crippen molar-refractivity contribution in [3.05, 3.63) is 52.3 Å². The minimum Gasteiger partial charge on any atom is -0.465 e. The number of carbonyl (C=O) groups is 2. The van der Waals surface area contributed by atoms with Gasteiger partial charge in [0.2, 0.25) is 5.91 Å². The van der Waals surface area contributed by atoms with Crippen molar-refractivity contribution in [1.29, 1.82) is 0 Å². The molecule has 164 valence electrons. The summed E-state index contributed by atoms with van der Waals surface area (Å²) in [5.74, 6) is -0.652. The summed E-state index contributed by atoms with van der Waals surface area (Å²) >= 11 is 0. The Labute approximate surface area is 182 Å². The van der Waals surface area contributed by atoms with E-state index in [9.17, 15) is 9.59 Å². The second-order valence-corrected chi connectivity index (χ2v) is 8.75. The molecule has 0 radical (unpaired) electrons. The Morgan fingerprint density at radius 2 is 1.77 bits per heavy atom. The van der Waals surface area contributed by atoms with Gasteiger partial charge in [0.25, 0.3) is 0 Å². The maximum Gasteiger partial charge on any atom is 0.339 e. The van der Waals surface area contributed by atoms with Crippen molar-refractivity contribution >= 4 is 28.6 Å². The number of fused-ring (bicyclic) bond motifs is 1. The summed E-state index contributed by atoms with van der Waals surface area (Å²) in [7, 11) is 1.32. The lowest BCUT2D eigenvalue weighted by Gasteiger charge is -2.20. The highest BCUT2D eigenvalue weighted by molar-refractivity contribution is 6.01. The third-order valence-corrected chi connectivity index (χ3v) is 5.42. The molecule has 0 atom stereocenters. The van der Waals surface area contributed by atoms with E-state index in [-0.39, 0.29) is 17.9 Å². The second kappa shape index (κ2) is 8.49. The van der Waals surface area contributed by atoms with E-state index in [0.717, 1.165) is 33.5 Å². The van der Waals surface area contributed by atoms with Gasteiger partial charge in [-0.3, -0.25) is 4.79 Å². The van der Waals surface area contributed by atoms with Gasteiger partial charge in [-0.25, -0.2) is 14.5 Å². The van der Waals surface area contributed by atoms with Gasteiger partial charge in [-0.15, -0.1) is 0 Å². The molecule has 3 rings (SSSR count). The van der Waals surface area contributed by atoms with Crippen LogP contribution in [0, 0.1) is 20.8 Å². The number of rotatable bonds is 5. The molecule has 1 N–H and O–H groups in total. The molecular weight excluding hydrogens is 392 g/mol. The molecule has 31 heavy (non-hydrogen) atoms. The molecule has 0 aliphatic rings. The average Bonchev–Trinajstić information content (AvgIpc) is 3.04. The molecule has 1 amide bonds. The van der Waals surface area contributed by atoms with Crippen LogP contribution in [0.3, 0.4) is 0 Å². The molecule has 2 heterocycles. The predicted octanol–water partition coefficient (Wildman–Crippen LogP) is 4.47. The fourth-order valence-corrected chi connectivity index (χ4v) is 3.87. The van der Waals surface area contributed by atoms with E-state index in [2.05, 4.69) is 33.0 Å². The zero-order valence-electron chi connectivity index (χ0n) is 19.3. The summed E-state index contributed by atoms with van der Waals surface area (Å²) < 4.78 is 6.76. The number of hydrogen-bond acceptors (Lipinski definition) is 5. The number of ether oxygens (including phenoxy) is 1. The summed E-state index contributed by atoms with van der Waals surface area (Å²) in [5, 5.41) is 8.60. The third-order valence-electron chi connectivity index (χ3n) is 5.42. The SMILES string of the molecule is COC(=O)c1ccccc1NC(=O)CCc1c(C)nc2c(c(C)nn2C(C)(C)C)c1C. The van der Waals surface area contributed by atoms with E-state index in [4.69, 9.17) is 14.8 Å². The Bertz CT molecular complexity index is 1160. The van der Waals surface area contributed by atoms with Gasteiger partial charge in [0.1, 0.15) is 0 Å². The van der Waals surface area contributed by atoms with Crippen molar-refractivity contribution in [3.63, 3.8) is 0 Å². The van der Waals surface area contributed by atoms with Crippen LogP contribution in [0.15, 0.2) is 24.3 Å². The number of benzene rings is 1. The molecule has 0 unspecified atom stereocenters. The van der Waals surface area contributed by atoms with Gasteiger partial charge in [0, 0.05) is 17.5 Å². The van der Waals surface area contributed by atoms with Crippen molar-refractivity contribution in [1.82, 2.24) is 14.8 Å². The van der Waals surface area contributed by atoms with E-state index in [1.54, 1.807) is 24.3 Å². The molecule has 3 aromatic rings. The maximum atomic E-state index is 12.6. The number of para-hydroxylation sites is 1. The summed E-state index contributed by atoms with van der Waals surface area (Å²) in [6, 6.07) is 6.82. The van der Waals surface area contributed by atoms with Crippen LogP contribution in [0.5, 0.6) is 0 Å². The Kier molecular flexibility index (Phi) is 6.15. The van der Waals surface area contributed by atoms with Crippen molar-refractivity contribution in [2.75, 3.05) is 12.4 Å². The Morgan fingerprint density at radius 3 is 2.42 bits per heavy atom. The first-order valence-electron chi connectivity index (χ1n) is 10.4. The summed E-state index contributed by atoms with van der Waals surface area (Å²) in [5.41, 5.74) is 5.49. The van der Waals surface area contributed by atoms with E-state index in [1.165, 1.54) is 7.11 Å². The van der Waals surface area contributed by atoms with Crippen molar-refractivity contribution in [2.24, 2.45) is 0 Å². The lowest BCUT2D eigenvalue weighted by Crippen LogP contribution is -2.23. The first kappa shape index (κ1) is 22.5. The molecule has 0 saturated heterocycles. The van der Waals surface area contributed by atoms with Crippen LogP contribution in [0.4, 0.5) is 5.69 Å². The Balaban J connectivity index is 1.84. The van der Waals surface area contributed by atoms with Crippen LogP contribution in [-0.4, -0.2) is 33.8 Å². The number of methoxy groups -OCH3 is 1. The van der Waals surface area contributed by atoms with Gasteiger partial charge in [0.05, 0.1) is 29.6 Å². The number of anilines is 1. The first-order chi connectivity index (χ1) is 14.5. The molecule has 1 aromatic carbocycles. The molecule has 2 aromatic heterocycles. The lowest BCUT2D eigenvalue weighted by atomic mass is 9.99. The quantitative estimate of drug-likeness (QED) is 0.613. The molecular formula is C24H30N4O3. The summed E-state index contributed by atoms with van der Waals surface area (Å²) in [6.45, 7) is 12.4. The Morgan fingerprint density at radius 1 is 1.10 bits per heavy atom. The molecule has 0 spiro atoms. The minimum atomic E-state index is -0.483. The van der Waals surface area contributed by atoms with Crippen LogP contribution >= 0.6 is 0 Å². The zero-order valence-corrected chi connectivity index (χ0v) is 19.3. The zero-order chi connectivity index (χ0) is 22.9. The van der Waals surface area contributed by atoms with E-state index in [0.29, 0.717) is 17.7 Å². The highest BCUT2D eigenvalue weighted by atomic mass is 16.5. The van der Waals surface area contributed by atoms with Crippen LogP contribution in [0.2, 0.25) is 0 Å². The Hall–Kier alpha value is -3.22. The largest absolute Gasteiger partial charge is 0.465 e. The summed E-state index contributed by atoms with van der Waals surface area (Å²) in [6.07, 6.45) is 0.823. The summed E-state index contributed by atoms with van der Waals surface area (Å²) in [4.78, 5) is 29.4. The van der Waals surface area contributed by atoms with Gasteiger partial charge in [-0.2, -0.15) is 5.10 Å². The molecule has 7 heteroatoms. The number of carbonyl (C=O) groups excluding carboxylic acids is 2. The van der Waals surface area contributed by atoms with Crippen LogP contribution in [-0.2, 0) is 21.5 Å². The van der Waals surface area contributed by atoms with E-state index in [1.807, 2.05) is 18.5 Å². The predicted molar refractivity (Wildman–Crippen MR) is 121 cm³/mol. The van der Waals surface area contributed by atoms with Crippen molar-refractivity contribution in [3.8, 4) is 0 Å². The highest BCUT2D eigenvalue weighted by Gasteiger charge is 2.23. The fourth-order valence-electron chi connectivity index (χ4n) is 3.87. The topological polar surface area (TPSA) is 86.1 Å². The van der Waals surface area contributed by atoms with E-state index < -0.39 is 5.97 Å². The number of pyridine rings is 1. The number of nitrogens with zero attached hydrogens (tertiary/aromatic N) is 3. The van der Waals surface area contributed by atoms with Crippen LogP contribution in [0.25, 0.3) is 11.0 Å². The molecule has 7 nitrogen and oxygen atoms in total. The van der Waals surface area contributed by atoms with Gasteiger partial charge in [0.15, 0.2) is 5.65 Å². The van der Waals surface area contributed by atoms with Crippen molar-refractivity contribution < 1.29 is 14.3 Å². The second-order valence-electron chi connectivity index (χ2n) is 8.75. The normalized spacial score (nSPS) is 11.6. The van der Waals surface area contributed by atoms with E-state index >= 15 is 0 Å². The smallest absolute Gasteiger partial charge is 0.339 e. The number of amides is 1. The molecule has 0 aliphatic carbocycles. The minimum absolute atomic E-state index is 0.169. The average molecular weight is 423 g/mol. The monoisotopic (exact) mass is 422 g/mol. The van der Waals surface area contributed by atoms with Crippen molar-refractivity contribution in [2.45, 2.75) is 59.9 Å². The highest BCUT2D eigenvalue weighted by Crippen LogP contribution is 2.29.